The minimum absolute atomic E-state index is 0.0237. The first kappa shape index (κ1) is 18.7. The summed E-state index contributed by atoms with van der Waals surface area (Å²) in [5.74, 6) is 1.15. The van der Waals surface area contributed by atoms with E-state index in [1.165, 1.54) is 11.1 Å². The minimum Gasteiger partial charge on any atom is -0.391 e. The largest absolute Gasteiger partial charge is 0.391 e. The lowest BCUT2D eigenvalue weighted by Crippen LogP contribution is -2.34. The Balaban J connectivity index is 5.36. The normalized spacial score (nSPS) is 19.9. The highest BCUT2D eigenvalue weighted by molar-refractivity contribution is 5.19. The summed E-state index contributed by atoms with van der Waals surface area (Å²) in [4.78, 5) is 0. The van der Waals surface area contributed by atoms with Gasteiger partial charge in [0, 0.05) is 5.92 Å². The van der Waals surface area contributed by atoms with E-state index < -0.39 is 12.2 Å². The fourth-order valence-electron chi connectivity index (χ4n) is 3.25. The molecule has 2 unspecified atom stereocenters. The molecule has 0 spiro atoms. The van der Waals surface area contributed by atoms with Gasteiger partial charge in [-0.15, -0.1) is 0 Å². The van der Waals surface area contributed by atoms with E-state index in [9.17, 15) is 10.2 Å². The van der Waals surface area contributed by atoms with Crippen LogP contribution in [0.25, 0.3) is 0 Å². The van der Waals surface area contributed by atoms with Gasteiger partial charge in [-0.05, 0) is 32.1 Å². The van der Waals surface area contributed by atoms with Gasteiger partial charge in [-0.2, -0.15) is 0 Å². The summed E-state index contributed by atoms with van der Waals surface area (Å²) < 4.78 is 0. The Labute approximate surface area is 119 Å². The van der Waals surface area contributed by atoms with Crippen LogP contribution < -0.4 is 0 Å². The van der Waals surface area contributed by atoms with Gasteiger partial charge in [-0.3, -0.25) is 0 Å². The van der Waals surface area contributed by atoms with Gasteiger partial charge in [0.25, 0.3) is 0 Å². The summed E-state index contributed by atoms with van der Waals surface area (Å²) in [6.07, 6.45) is 1.99. The van der Waals surface area contributed by atoms with E-state index in [1.54, 1.807) is 6.92 Å². The quantitative estimate of drug-likeness (QED) is 0.650. The third kappa shape index (κ3) is 4.92. The molecule has 0 aromatic carbocycles. The van der Waals surface area contributed by atoms with Crippen LogP contribution in [0.1, 0.15) is 67.7 Å². The molecule has 4 atom stereocenters. The highest BCUT2D eigenvalue weighted by Crippen LogP contribution is 2.35. The number of allylic oxidation sites excluding steroid dienone is 1. The Bertz CT molecular complexity index is 267. The van der Waals surface area contributed by atoms with Gasteiger partial charge in [0.05, 0.1) is 12.2 Å². The first-order valence-electron chi connectivity index (χ1n) is 7.87. The maximum absolute atomic E-state index is 10.2. The van der Waals surface area contributed by atoms with Gasteiger partial charge in [0.15, 0.2) is 0 Å². The van der Waals surface area contributed by atoms with E-state index in [1.807, 2.05) is 6.92 Å². The Hall–Kier alpha value is -0.340. The summed E-state index contributed by atoms with van der Waals surface area (Å²) in [5, 5.41) is 19.9. The summed E-state index contributed by atoms with van der Waals surface area (Å²) in [6, 6.07) is 0. The molecular formula is C17H34O2. The SMILES string of the molecule is CC/C(C)=C(\C(C)C(CC)CC)[C@@H](C)C(O)[C@@H](C)O. The number of aliphatic hydroxyl groups excluding tert-OH is 2. The molecule has 0 saturated carbocycles. The lowest BCUT2D eigenvalue weighted by molar-refractivity contribution is 0.00366. The van der Waals surface area contributed by atoms with E-state index in [4.69, 9.17) is 0 Å². The van der Waals surface area contributed by atoms with Crippen molar-refractivity contribution in [3.63, 3.8) is 0 Å². The zero-order valence-electron chi connectivity index (χ0n) is 13.9. The molecule has 0 aliphatic heterocycles. The molecule has 0 amide bonds. The molecule has 0 aromatic heterocycles. The second-order valence-electron chi connectivity index (χ2n) is 5.97. The summed E-state index contributed by atoms with van der Waals surface area (Å²) in [6.45, 7) is 14.8. The first-order chi connectivity index (χ1) is 8.81. The van der Waals surface area contributed by atoms with Gasteiger partial charge in [-0.1, -0.05) is 58.6 Å². The molecule has 0 fully saturated rings. The topological polar surface area (TPSA) is 40.5 Å². The van der Waals surface area contributed by atoms with E-state index in [0.29, 0.717) is 11.8 Å². The molecule has 19 heavy (non-hydrogen) atoms. The molecule has 0 aliphatic rings. The standard InChI is InChI=1S/C17H34O2/c1-8-11(4)16(12(5)15(9-2)10-3)13(6)17(19)14(7)18/h12-15,17-19H,8-10H2,1-7H3/b16-11+/t12?,13-,14-,17?/m1/s1. The molecule has 0 aliphatic carbocycles. The molecular weight excluding hydrogens is 236 g/mol. The van der Waals surface area contributed by atoms with Crippen molar-refractivity contribution in [3.8, 4) is 0 Å². The first-order valence-corrected chi connectivity index (χ1v) is 7.87. The van der Waals surface area contributed by atoms with E-state index >= 15 is 0 Å². The van der Waals surface area contributed by atoms with Crippen LogP contribution in [0, 0.1) is 17.8 Å². The van der Waals surface area contributed by atoms with Crippen LogP contribution in [-0.2, 0) is 0 Å². The Morgan fingerprint density at radius 1 is 0.895 bits per heavy atom. The average Bonchev–Trinajstić information content (AvgIpc) is 2.38. The predicted octanol–water partition coefficient (Wildman–Crippen LogP) is 4.16. The fraction of sp³-hybridized carbons (Fsp3) is 0.882. The molecule has 0 bridgehead atoms. The van der Waals surface area contributed by atoms with E-state index in [-0.39, 0.29) is 5.92 Å². The smallest absolute Gasteiger partial charge is 0.0858 e. The van der Waals surface area contributed by atoms with Crippen molar-refractivity contribution < 1.29 is 10.2 Å². The minimum atomic E-state index is -0.677. The van der Waals surface area contributed by atoms with Crippen molar-refractivity contribution in [2.75, 3.05) is 0 Å². The summed E-state index contributed by atoms with van der Waals surface area (Å²) in [5.41, 5.74) is 2.72. The van der Waals surface area contributed by atoms with Crippen molar-refractivity contribution in [1.82, 2.24) is 0 Å². The van der Waals surface area contributed by atoms with Crippen molar-refractivity contribution in [2.45, 2.75) is 79.9 Å². The second kappa shape index (κ2) is 8.76. The van der Waals surface area contributed by atoms with Crippen molar-refractivity contribution >= 4 is 0 Å². The zero-order chi connectivity index (χ0) is 15.2. The molecule has 0 heterocycles. The van der Waals surface area contributed by atoms with Gasteiger partial charge in [-0.25, -0.2) is 0 Å². The highest BCUT2D eigenvalue weighted by Gasteiger charge is 2.29. The molecule has 0 rings (SSSR count). The van der Waals surface area contributed by atoms with Crippen LogP contribution in [0.4, 0.5) is 0 Å². The molecule has 114 valence electrons. The fourth-order valence-corrected chi connectivity index (χ4v) is 3.25. The van der Waals surface area contributed by atoms with Gasteiger partial charge in [0.2, 0.25) is 0 Å². The Morgan fingerprint density at radius 2 is 1.37 bits per heavy atom. The number of rotatable bonds is 8. The summed E-state index contributed by atoms with van der Waals surface area (Å²) in [7, 11) is 0. The molecule has 0 saturated heterocycles. The van der Waals surface area contributed by atoms with Crippen molar-refractivity contribution in [3.05, 3.63) is 11.1 Å². The third-order valence-electron chi connectivity index (χ3n) is 4.77. The van der Waals surface area contributed by atoms with Crippen molar-refractivity contribution in [2.24, 2.45) is 17.8 Å². The van der Waals surface area contributed by atoms with Gasteiger partial charge in [0.1, 0.15) is 0 Å². The second-order valence-corrected chi connectivity index (χ2v) is 5.97. The monoisotopic (exact) mass is 270 g/mol. The van der Waals surface area contributed by atoms with Crippen LogP contribution in [-0.4, -0.2) is 22.4 Å². The van der Waals surface area contributed by atoms with Crippen molar-refractivity contribution in [1.29, 1.82) is 0 Å². The molecule has 0 radical (unpaired) electrons. The molecule has 2 N–H and O–H groups in total. The average molecular weight is 270 g/mol. The molecule has 0 aromatic rings. The predicted molar refractivity (Wildman–Crippen MR) is 83.1 cm³/mol. The maximum atomic E-state index is 10.2. The van der Waals surface area contributed by atoms with Gasteiger partial charge < -0.3 is 10.2 Å². The highest BCUT2D eigenvalue weighted by atomic mass is 16.3. The van der Waals surface area contributed by atoms with Crippen LogP contribution in [0.3, 0.4) is 0 Å². The molecule has 2 heteroatoms. The molecule has 2 nitrogen and oxygen atoms in total. The Morgan fingerprint density at radius 3 is 1.68 bits per heavy atom. The zero-order valence-corrected chi connectivity index (χ0v) is 13.9. The lowest BCUT2D eigenvalue weighted by Gasteiger charge is -2.33. The summed E-state index contributed by atoms with van der Waals surface area (Å²) >= 11 is 0. The number of hydrogen-bond donors (Lipinski definition) is 2. The van der Waals surface area contributed by atoms with Crippen LogP contribution in [0.5, 0.6) is 0 Å². The third-order valence-corrected chi connectivity index (χ3v) is 4.77. The number of hydrogen-bond acceptors (Lipinski definition) is 2. The van der Waals surface area contributed by atoms with Crippen LogP contribution in [0.2, 0.25) is 0 Å². The lowest BCUT2D eigenvalue weighted by atomic mass is 9.74. The van der Waals surface area contributed by atoms with Gasteiger partial charge >= 0.3 is 0 Å². The van der Waals surface area contributed by atoms with Crippen LogP contribution in [0.15, 0.2) is 11.1 Å². The maximum Gasteiger partial charge on any atom is 0.0858 e. The van der Waals surface area contributed by atoms with E-state index in [0.717, 1.165) is 19.3 Å². The number of aliphatic hydroxyl groups is 2. The Kier molecular flexibility index (Phi) is 8.60. The van der Waals surface area contributed by atoms with E-state index in [2.05, 4.69) is 34.6 Å². The van der Waals surface area contributed by atoms with Crippen LogP contribution >= 0.6 is 0 Å².